The maximum atomic E-state index is 12.3. The molecule has 1 amide bonds. The maximum Gasteiger partial charge on any atom is 0.251 e. The number of carbonyl (C=O) groups excluding carboxylic acids is 1. The number of benzene rings is 1. The van der Waals surface area contributed by atoms with Crippen LogP contribution in [0.1, 0.15) is 48.4 Å². The third kappa shape index (κ3) is 4.50. The summed E-state index contributed by atoms with van der Waals surface area (Å²) in [6, 6.07) is 11.5. The van der Waals surface area contributed by atoms with E-state index in [0.29, 0.717) is 12.1 Å². The summed E-state index contributed by atoms with van der Waals surface area (Å²) >= 11 is 0. The first kappa shape index (κ1) is 17.7. The molecule has 0 saturated carbocycles. The highest BCUT2D eigenvalue weighted by Gasteiger charge is 2.35. The number of hydrogen-bond donors (Lipinski definition) is 2. The van der Waals surface area contributed by atoms with E-state index in [0.717, 1.165) is 37.3 Å². The first-order valence-corrected chi connectivity index (χ1v) is 8.79. The second kappa shape index (κ2) is 7.42. The molecule has 0 bridgehead atoms. The largest absolute Gasteiger partial charge is 0.467 e. The molecule has 25 heavy (non-hydrogen) atoms. The van der Waals surface area contributed by atoms with Gasteiger partial charge in [0.15, 0.2) is 0 Å². The van der Waals surface area contributed by atoms with Gasteiger partial charge in [0.05, 0.1) is 18.4 Å². The second-order valence-electron chi connectivity index (χ2n) is 7.24. The van der Waals surface area contributed by atoms with Crippen LogP contribution in [0.5, 0.6) is 0 Å². The summed E-state index contributed by atoms with van der Waals surface area (Å²) in [5, 5.41) is 13.2. The number of likely N-dealkylation sites (tertiary alicyclic amines) is 1. The Kier molecular flexibility index (Phi) is 5.25. The molecule has 0 radical (unpaired) electrons. The van der Waals surface area contributed by atoms with Crippen LogP contribution in [-0.2, 0) is 13.1 Å². The van der Waals surface area contributed by atoms with Gasteiger partial charge in [-0.05, 0) is 63.1 Å². The van der Waals surface area contributed by atoms with Crippen molar-refractivity contribution in [1.29, 1.82) is 0 Å². The Morgan fingerprint density at radius 1 is 1.36 bits per heavy atom. The average Bonchev–Trinajstić information content (AvgIpc) is 3.23. The second-order valence-corrected chi connectivity index (χ2v) is 7.24. The van der Waals surface area contributed by atoms with E-state index < -0.39 is 5.60 Å². The highest BCUT2D eigenvalue weighted by molar-refractivity contribution is 5.94. The molecule has 2 N–H and O–H groups in total. The molecule has 1 saturated heterocycles. The van der Waals surface area contributed by atoms with Gasteiger partial charge in [0.25, 0.3) is 5.91 Å². The number of hydrogen-bond acceptors (Lipinski definition) is 4. The zero-order chi connectivity index (χ0) is 17.9. The van der Waals surface area contributed by atoms with Gasteiger partial charge in [-0.1, -0.05) is 12.1 Å². The van der Waals surface area contributed by atoms with Gasteiger partial charge < -0.3 is 14.8 Å². The Morgan fingerprint density at radius 3 is 2.92 bits per heavy atom. The van der Waals surface area contributed by atoms with Crippen molar-refractivity contribution in [2.45, 2.75) is 51.4 Å². The average molecular weight is 342 g/mol. The van der Waals surface area contributed by atoms with Crippen molar-refractivity contribution in [2.24, 2.45) is 0 Å². The summed E-state index contributed by atoms with van der Waals surface area (Å²) in [5.41, 5.74) is 1.01. The van der Waals surface area contributed by atoms with Gasteiger partial charge in [0.1, 0.15) is 5.76 Å². The van der Waals surface area contributed by atoms with Crippen LogP contribution in [0, 0.1) is 0 Å². The van der Waals surface area contributed by atoms with Crippen molar-refractivity contribution in [3.63, 3.8) is 0 Å². The lowest BCUT2D eigenvalue weighted by Crippen LogP contribution is -2.45. The molecule has 3 rings (SSSR count). The number of nitrogens with zero attached hydrogens (tertiary/aromatic N) is 1. The van der Waals surface area contributed by atoms with Crippen molar-refractivity contribution < 1.29 is 14.3 Å². The molecular formula is C20H26N2O3. The number of furan rings is 1. The van der Waals surface area contributed by atoms with Crippen molar-refractivity contribution >= 4 is 5.91 Å². The molecule has 2 aromatic rings. The van der Waals surface area contributed by atoms with Crippen LogP contribution in [0.25, 0.3) is 0 Å². The van der Waals surface area contributed by atoms with Crippen molar-refractivity contribution in [3.8, 4) is 0 Å². The lowest BCUT2D eigenvalue weighted by Gasteiger charge is -2.33. The first-order chi connectivity index (χ1) is 11.9. The van der Waals surface area contributed by atoms with Crippen LogP contribution in [0.2, 0.25) is 0 Å². The van der Waals surface area contributed by atoms with Crippen LogP contribution < -0.4 is 5.32 Å². The molecule has 134 valence electrons. The number of amides is 1. The van der Waals surface area contributed by atoms with Gasteiger partial charge in [-0.3, -0.25) is 9.69 Å². The molecule has 1 aromatic heterocycles. The van der Waals surface area contributed by atoms with Crippen LogP contribution in [0.15, 0.2) is 47.1 Å². The molecule has 5 nitrogen and oxygen atoms in total. The van der Waals surface area contributed by atoms with E-state index in [1.54, 1.807) is 12.3 Å². The summed E-state index contributed by atoms with van der Waals surface area (Å²) in [7, 11) is 0. The fourth-order valence-electron chi connectivity index (χ4n) is 3.54. The Labute approximate surface area is 148 Å². The highest BCUT2D eigenvalue weighted by atomic mass is 16.3. The zero-order valence-corrected chi connectivity index (χ0v) is 14.9. The fraction of sp³-hybridized carbons (Fsp3) is 0.450. The lowest BCUT2D eigenvalue weighted by molar-refractivity contribution is -0.00502. The van der Waals surface area contributed by atoms with Crippen LogP contribution in [0.4, 0.5) is 0 Å². The molecule has 1 unspecified atom stereocenters. The SMILES string of the molecule is CC(C)(O)C1CCCN1Cc1cccc(C(=O)NCc2ccco2)c1. The number of carbonyl (C=O) groups is 1. The Balaban J connectivity index is 1.64. The Hall–Kier alpha value is -2.11. The van der Waals surface area contributed by atoms with Gasteiger partial charge >= 0.3 is 0 Å². The monoisotopic (exact) mass is 342 g/mol. The summed E-state index contributed by atoms with van der Waals surface area (Å²) in [6.45, 7) is 5.84. The zero-order valence-electron chi connectivity index (χ0n) is 14.9. The third-order valence-electron chi connectivity index (χ3n) is 4.76. The molecule has 5 heteroatoms. The van der Waals surface area contributed by atoms with Gasteiger partial charge in [-0.15, -0.1) is 0 Å². The first-order valence-electron chi connectivity index (χ1n) is 8.79. The quantitative estimate of drug-likeness (QED) is 0.847. The van der Waals surface area contributed by atoms with E-state index in [2.05, 4.69) is 10.2 Å². The minimum Gasteiger partial charge on any atom is -0.467 e. The van der Waals surface area contributed by atoms with Gasteiger partial charge in [-0.25, -0.2) is 0 Å². The van der Waals surface area contributed by atoms with E-state index in [-0.39, 0.29) is 11.9 Å². The molecule has 1 fully saturated rings. The molecular weight excluding hydrogens is 316 g/mol. The van der Waals surface area contributed by atoms with Crippen LogP contribution in [-0.4, -0.2) is 34.1 Å². The number of rotatable bonds is 6. The molecule has 2 heterocycles. The van der Waals surface area contributed by atoms with Crippen LogP contribution in [0.3, 0.4) is 0 Å². The normalized spacial score (nSPS) is 18.4. The Morgan fingerprint density at radius 2 is 2.20 bits per heavy atom. The molecule has 0 spiro atoms. The van der Waals surface area contributed by atoms with Crippen molar-refractivity contribution in [2.75, 3.05) is 6.54 Å². The topological polar surface area (TPSA) is 65.7 Å². The summed E-state index contributed by atoms with van der Waals surface area (Å²) in [5.74, 6) is 0.619. The van der Waals surface area contributed by atoms with Gasteiger partial charge in [-0.2, -0.15) is 0 Å². The van der Waals surface area contributed by atoms with E-state index in [1.165, 1.54) is 0 Å². The number of aliphatic hydroxyl groups is 1. The molecule has 1 aliphatic heterocycles. The van der Waals surface area contributed by atoms with Crippen LogP contribution >= 0.6 is 0 Å². The predicted octanol–water partition coefficient (Wildman–Crippen LogP) is 2.94. The lowest BCUT2D eigenvalue weighted by atomic mass is 9.96. The standard InChI is InChI=1S/C20H26N2O3/c1-20(2,24)18-9-4-10-22(18)14-15-6-3-7-16(12-15)19(23)21-13-17-8-5-11-25-17/h3,5-8,11-12,18,24H,4,9-10,13-14H2,1-2H3,(H,21,23). The summed E-state index contributed by atoms with van der Waals surface area (Å²) in [4.78, 5) is 14.7. The maximum absolute atomic E-state index is 12.3. The van der Waals surface area contributed by atoms with Crippen molar-refractivity contribution in [3.05, 3.63) is 59.5 Å². The number of nitrogens with one attached hydrogen (secondary N) is 1. The van der Waals surface area contributed by atoms with E-state index in [1.807, 2.05) is 44.2 Å². The smallest absolute Gasteiger partial charge is 0.251 e. The fourth-order valence-corrected chi connectivity index (χ4v) is 3.54. The predicted molar refractivity (Wildman–Crippen MR) is 96.1 cm³/mol. The summed E-state index contributed by atoms with van der Waals surface area (Å²) < 4.78 is 5.23. The van der Waals surface area contributed by atoms with E-state index in [4.69, 9.17) is 4.42 Å². The van der Waals surface area contributed by atoms with E-state index >= 15 is 0 Å². The highest BCUT2D eigenvalue weighted by Crippen LogP contribution is 2.28. The molecule has 1 atom stereocenters. The van der Waals surface area contributed by atoms with E-state index in [9.17, 15) is 9.90 Å². The Bertz CT molecular complexity index is 704. The molecule has 1 aliphatic rings. The van der Waals surface area contributed by atoms with Gasteiger partial charge in [0.2, 0.25) is 0 Å². The van der Waals surface area contributed by atoms with Gasteiger partial charge in [0, 0.05) is 18.2 Å². The van der Waals surface area contributed by atoms with Crippen molar-refractivity contribution in [1.82, 2.24) is 10.2 Å². The third-order valence-corrected chi connectivity index (χ3v) is 4.76. The summed E-state index contributed by atoms with van der Waals surface area (Å²) in [6.07, 6.45) is 3.70. The molecule has 1 aromatic carbocycles. The molecule has 0 aliphatic carbocycles. The minimum absolute atomic E-state index is 0.112. The minimum atomic E-state index is -0.714.